The average molecular weight is 219 g/mol. The summed E-state index contributed by atoms with van der Waals surface area (Å²) in [5.41, 5.74) is 1.91. The summed E-state index contributed by atoms with van der Waals surface area (Å²) in [6.45, 7) is 2.76. The monoisotopic (exact) mass is 219 g/mol. The van der Waals surface area contributed by atoms with Crippen molar-refractivity contribution in [1.82, 2.24) is 4.90 Å². The normalized spacial score (nSPS) is 17.1. The van der Waals surface area contributed by atoms with Gasteiger partial charge in [-0.15, -0.1) is 0 Å². The number of hydrogen-bond acceptors (Lipinski definition) is 2. The van der Waals surface area contributed by atoms with Crippen LogP contribution in [0.3, 0.4) is 0 Å². The van der Waals surface area contributed by atoms with Crippen LogP contribution < -0.4 is 0 Å². The quantitative estimate of drug-likeness (QED) is 0.836. The zero-order chi connectivity index (χ0) is 11.5. The maximum absolute atomic E-state index is 12.2. The van der Waals surface area contributed by atoms with E-state index in [4.69, 9.17) is 0 Å². The number of fused-ring (bicyclic) bond motifs is 1. The Kier molecular flexibility index (Phi) is 3.25. The van der Waals surface area contributed by atoms with Crippen LogP contribution in [-0.2, 0) is 6.42 Å². The first kappa shape index (κ1) is 11.1. The lowest BCUT2D eigenvalue weighted by Crippen LogP contribution is -2.46. The number of carbonyl (C=O) groups excluding carboxylic acids is 1. The molecule has 0 aliphatic carbocycles. The third-order valence-corrected chi connectivity index (χ3v) is 3.25. The first-order valence-corrected chi connectivity index (χ1v) is 5.77. The molecule has 86 valence electrons. The van der Waals surface area contributed by atoms with Crippen LogP contribution in [0.2, 0.25) is 0 Å². The van der Waals surface area contributed by atoms with Crippen LogP contribution >= 0.6 is 0 Å². The maximum Gasteiger partial charge on any atom is 0.254 e. The number of rotatable bonds is 3. The molecule has 1 atom stereocenters. The summed E-state index contributed by atoms with van der Waals surface area (Å²) in [6.07, 6.45) is 1.68. The Morgan fingerprint density at radius 3 is 2.88 bits per heavy atom. The molecule has 1 amide bonds. The second-order valence-electron chi connectivity index (χ2n) is 4.15. The van der Waals surface area contributed by atoms with Gasteiger partial charge in [0.25, 0.3) is 5.91 Å². The van der Waals surface area contributed by atoms with Crippen molar-refractivity contribution in [2.24, 2.45) is 0 Å². The Morgan fingerprint density at radius 2 is 2.19 bits per heavy atom. The van der Waals surface area contributed by atoms with Crippen LogP contribution in [0.25, 0.3) is 0 Å². The van der Waals surface area contributed by atoms with E-state index in [0.717, 1.165) is 30.5 Å². The minimum atomic E-state index is -0.0409. The highest BCUT2D eigenvalue weighted by Crippen LogP contribution is 2.21. The van der Waals surface area contributed by atoms with E-state index in [0.29, 0.717) is 0 Å². The van der Waals surface area contributed by atoms with Gasteiger partial charge >= 0.3 is 0 Å². The largest absolute Gasteiger partial charge is 0.394 e. The van der Waals surface area contributed by atoms with E-state index in [1.165, 1.54) is 0 Å². The second kappa shape index (κ2) is 4.66. The highest BCUT2D eigenvalue weighted by Gasteiger charge is 2.28. The van der Waals surface area contributed by atoms with Gasteiger partial charge in [0, 0.05) is 12.1 Å². The van der Waals surface area contributed by atoms with Gasteiger partial charge in [0.15, 0.2) is 0 Å². The van der Waals surface area contributed by atoms with Gasteiger partial charge in [-0.2, -0.15) is 0 Å². The van der Waals surface area contributed by atoms with Gasteiger partial charge in [-0.1, -0.05) is 25.1 Å². The Morgan fingerprint density at radius 1 is 1.44 bits per heavy atom. The van der Waals surface area contributed by atoms with Crippen molar-refractivity contribution in [3.8, 4) is 0 Å². The summed E-state index contributed by atoms with van der Waals surface area (Å²) < 4.78 is 0. The molecule has 1 aliphatic heterocycles. The molecule has 0 unspecified atom stereocenters. The Balaban J connectivity index is 2.27. The standard InChI is InChI=1S/C13H17NO2/c1-2-11(9-15)14-8-7-10-5-3-4-6-12(10)13(14)16/h3-6,11,15H,2,7-9H2,1H3/t11-/m1/s1. The number of nitrogens with zero attached hydrogens (tertiary/aromatic N) is 1. The Bertz CT molecular complexity index is 385. The summed E-state index contributed by atoms with van der Waals surface area (Å²) in [6, 6.07) is 7.68. The molecule has 0 spiro atoms. The van der Waals surface area contributed by atoms with Gasteiger partial charge in [0.05, 0.1) is 12.6 Å². The third kappa shape index (κ3) is 1.83. The van der Waals surface area contributed by atoms with Crippen LogP contribution in [0.1, 0.15) is 29.3 Å². The molecular weight excluding hydrogens is 202 g/mol. The predicted molar refractivity (Wildman–Crippen MR) is 62.3 cm³/mol. The molecule has 0 radical (unpaired) electrons. The van der Waals surface area contributed by atoms with Crippen molar-refractivity contribution >= 4 is 5.91 Å². The average Bonchev–Trinajstić information content (AvgIpc) is 2.34. The SMILES string of the molecule is CC[C@H](CO)N1CCc2ccccc2C1=O. The third-order valence-electron chi connectivity index (χ3n) is 3.25. The van der Waals surface area contributed by atoms with Crippen molar-refractivity contribution in [3.05, 3.63) is 35.4 Å². The Labute approximate surface area is 95.7 Å². The summed E-state index contributed by atoms with van der Waals surface area (Å²) in [5.74, 6) is 0.0581. The van der Waals surface area contributed by atoms with Crippen LogP contribution in [0, 0.1) is 0 Å². The molecule has 1 aromatic rings. The number of amides is 1. The fourth-order valence-electron chi connectivity index (χ4n) is 2.24. The lowest BCUT2D eigenvalue weighted by atomic mass is 9.97. The molecule has 1 aliphatic rings. The van der Waals surface area contributed by atoms with E-state index < -0.39 is 0 Å². The van der Waals surface area contributed by atoms with Crippen molar-refractivity contribution in [1.29, 1.82) is 0 Å². The second-order valence-corrected chi connectivity index (χ2v) is 4.15. The molecule has 1 aromatic carbocycles. The van der Waals surface area contributed by atoms with E-state index in [2.05, 4.69) is 0 Å². The first-order chi connectivity index (χ1) is 7.77. The smallest absolute Gasteiger partial charge is 0.254 e. The number of hydrogen-bond donors (Lipinski definition) is 1. The highest BCUT2D eigenvalue weighted by atomic mass is 16.3. The zero-order valence-corrected chi connectivity index (χ0v) is 9.52. The predicted octanol–water partition coefficient (Wildman–Crippen LogP) is 1.46. The molecule has 2 rings (SSSR count). The minimum absolute atomic E-state index is 0.0409. The molecule has 1 heterocycles. The summed E-state index contributed by atoms with van der Waals surface area (Å²) in [4.78, 5) is 14.0. The van der Waals surface area contributed by atoms with Crippen molar-refractivity contribution in [2.75, 3.05) is 13.2 Å². The number of benzene rings is 1. The van der Waals surface area contributed by atoms with Crippen molar-refractivity contribution in [2.45, 2.75) is 25.8 Å². The minimum Gasteiger partial charge on any atom is -0.394 e. The number of carbonyl (C=O) groups is 1. The van der Waals surface area contributed by atoms with Crippen LogP contribution in [0.15, 0.2) is 24.3 Å². The van der Waals surface area contributed by atoms with Gasteiger partial charge in [-0.05, 0) is 24.5 Å². The van der Waals surface area contributed by atoms with Crippen molar-refractivity contribution in [3.63, 3.8) is 0 Å². The van der Waals surface area contributed by atoms with E-state index in [9.17, 15) is 9.90 Å². The lowest BCUT2D eigenvalue weighted by molar-refractivity contribution is 0.0566. The fraction of sp³-hybridized carbons (Fsp3) is 0.462. The zero-order valence-electron chi connectivity index (χ0n) is 9.52. The molecule has 3 heteroatoms. The molecule has 1 N–H and O–H groups in total. The summed E-state index contributed by atoms with van der Waals surface area (Å²) in [5, 5.41) is 9.25. The molecule has 0 aromatic heterocycles. The highest BCUT2D eigenvalue weighted by molar-refractivity contribution is 5.96. The first-order valence-electron chi connectivity index (χ1n) is 5.77. The van der Waals surface area contributed by atoms with E-state index >= 15 is 0 Å². The molecular formula is C13H17NO2. The fourth-order valence-corrected chi connectivity index (χ4v) is 2.24. The Hall–Kier alpha value is -1.35. The topological polar surface area (TPSA) is 40.5 Å². The maximum atomic E-state index is 12.2. The molecule has 0 fully saturated rings. The lowest BCUT2D eigenvalue weighted by Gasteiger charge is -2.34. The molecule has 3 nitrogen and oxygen atoms in total. The summed E-state index contributed by atoms with van der Waals surface area (Å²) >= 11 is 0. The van der Waals surface area contributed by atoms with E-state index in [1.54, 1.807) is 4.90 Å². The van der Waals surface area contributed by atoms with Crippen LogP contribution in [0.5, 0.6) is 0 Å². The van der Waals surface area contributed by atoms with Gasteiger partial charge < -0.3 is 10.0 Å². The van der Waals surface area contributed by atoms with Gasteiger partial charge in [0.1, 0.15) is 0 Å². The van der Waals surface area contributed by atoms with Crippen LogP contribution in [-0.4, -0.2) is 35.1 Å². The van der Waals surface area contributed by atoms with Gasteiger partial charge in [-0.3, -0.25) is 4.79 Å². The molecule has 0 saturated carbocycles. The number of aliphatic hydroxyl groups excluding tert-OH is 1. The molecule has 0 saturated heterocycles. The van der Waals surface area contributed by atoms with E-state index in [-0.39, 0.29) is 18.6 Å². The van der Waals surface area contributed by atoms with Gasteiger partial charge in [0.2, 0.25) is 0 Å². The number of aliphatic hydroxyl groups is 1. The van der Waals surface area contributed by atoms with Gasteiger partial charge in [-0.25, -0.2) is 0 Å². The summed E-state index contributed by atoms with van der Waals surface area (Å²) in [7, 11) is 0. The van der Waals surface area contributed by atoms with Crippen molar-refractivity contribution < 1.29 is 9.90 Å². The molecule has 16 heavy (non-hydrogen) atoms. The molecule has 0 bridgehead atoms. The van der Waals surface area contributed by atoms with E-state index in [1.807, 2.05) is 31.2 Å². The van der Waals surface area contributed by atoms with Crippen LogP contribution in [0.4, 0.5) is 0 Å².